The Bertz CT molecular complexity index is 267. The summed E-state index contributed by atoms with van der Waals surface area (Å²) in [7, 11) is 0. The minimum absolute atomic E-state index is 0. The molecule has 1 atom stereocenters. The van der Waals surface area contributed by atoms with Crippen LogP contribution in [0.2, 0.25) is 0 Å². The maximum Gasteiger partial charge on any atom is 0.308 e. The van der Waals surface area contributed by atoms with E-state index in [1.807, 2.05) is 45.9 Å². The predicted octanol–water partition coefficient (Wildman–Crippen LogP) is 3.92. The molecule has 1 aromatic rings. The van der Waals surface area contributed by atoms with Crippen LogP contribution >= 0.6 is 0 Å². The summed E-state index contributed by atoms with van der Waals surface area (Å²) in [6.07, 6.45) is -1.17. The largest absolute Gasteiger partial charge is 0.427 e. The second-order valence-electron chi connectivity index (χ2n) is 2.58. The molecule has 0 aliphatic carbocycles. The van der Waals surface area contributed by atoms with Gasteiger partial charge in [-0.05, 0) is 19.1 Å². The molecule has 0 heterocycles. The Morgan fingerprint density at radius 1 is 1.16 bits per heavy atom. The summed E-state index contributed by atoms with van der Waals surface area (Å²) >= 11 is 0. The minimum atomic E-state index is -1.17. The number of hydrogen-bond donors (Lipinski definition) is 1. The Hall–Kier alpha value is -0.160. The summed E-state index contributed by atoms with van der Waals surface area (Å²) in [5.74, 6) is 0.307. The Balaban J connectivity index is -0.000000107. The Morgan fingerprint density at radius 2 is 1.47 bits per heavy atom. The third-order valence-electron chi connectivity index (χ3n) is 1.00. The topological polar surface area (TPSA) is 52.3 Å². The monoisotopic (exact) mass is 298 g/mol. The van der Waals surface area contributed by atoms with Gasteiger partial charge >= 0.3 is 5.97 Å². The third kappa shape index (κ3) is 31.9. The second kappa shape index (κ2) is 23.0. The van der Waals surface area contributed by atoms with Gasteiger partial charge < -0.3 is 10.5 Å². The molecule has 1 rings (SSSR count). The van der Waals surface area contributed by atoms with E-state index in [9.17, 15) is 9.18 Å². The van der Waals surface area contributed by atoms with E-state index < -0.39 is 6.30 Å². The first kappa shape index (κ1) is 27.2. The summed E-state index contributed by atoms with van der Waals surface area (Å²) in [6, 6.07) is 8.98. The summed E-state index contributed by atoms with van der Waals surface area (Å²) in [4.78, 5) is 10.4. The SMILES string of the molecule is CC.CC.CC(=O)Oc1ccccc1.CC(N)[18F].[Ar]. The van der Waals surface area contributed by atoms with E-state index in [-0.39, 0.29) is 43.7 Å². The minimum Gasteiger partial charge on any atom is -0.427 e. The molecule has 1 aromatic carbocycles. The number of carbonyl (C=O) groups is 1. The molecule has 1 unspecified atom stereocenters. The Labute approximate surface area is 146 Å². The first-order valence-corrected chi connectivity index (χ1v) is 6.15. The zero-order valence-corrected chi connectivity index (χ0v) is 13.3. The number of para-hydroxylation sites is 1. The molecule has 19 heavy (non-hydrogen) atoms. The normalized spacial score (nSPS) is 8.63. The number of rotatable bonds is 1. The van der Waals surface area contributed by atoms with Crippen LogP contribution < -0.4 is 10.5 Å². The van der Waals surface area contributed by atoms with Crippen LogP contribution in [0.3, 0.4) is 0 Å². The first-order chi connectivity index (χ1) is 8.52. The summed E-state index contributed by atoms with van der Waals surface area (Å²) in [6.45, 7) is 10.7. The van der Waals surface area contributed by atoms with Crippen LogP contribution in [0.4, 0.5) is 4.39 Å². The molecule has 0 saturated heterocycles. The molecule has 0 radical (unpaired) electrons. The van der Waals surface area contributed by atoms with E-state index >= 15 is 0 Å². The van der Waals surface area contributed by atoms with Gasteiger partial charge in [0.1, 0.15) is 12.0 Å². The van der Waals surface area contributed by atoms with Crippen molar-refractivity contribution in [2.45, 2.75) is 47.8 Å². The van der Waals surface area contributed by atoms with Crippen molar-refractivity contribution in [2.24, 2.45) is 5.73 Å². The zero-order valence-electron chi connectivity index (χ0n) is 12.6. The molecule has 0 aromatic heterocycles. The van der Waals surface area contributed by atoms with Gasteiger partial charge in [-0.25, -0.2) is 4.39 Å². The van der Waals surface area contributed by atoms with E-state index in [0.717, 1.165) is 0 Å². The number of nitrogens with two attached hydrogens (primary N) is 1. The van der Waals surface area contributed by atoms with Gasteiger partial charge in [-0.15, -0.1) is 0 Å². The molecule has 0 saturated carbocycles. The van der Waals surface area contributed by atoms with Crippen molar-refractivity contribution < 1.29 is 51.7 Å². The molecule has 0 aliphatic heterocycles. The molecular formula is C14H26ArFNO2. The van der Waals surface area contributed by atoms with Gasteiger partial charge in [-0.3, -0.25) is 4.79 Å². The second-order valence-corrected chi connectivity index (χ2v) is 2.58. The number of ether oxygens (including phenoxy) is 1. The van der Waals surface area contributed by atoms with Crippen molar-refractivity contribution in [3.63, 3.8) is 0 Å². The van der Waals surface area contributed by atoms with Crippen LogP contribution in [-0.2, 0) is 4.79 Å². The van der Waals surface area contributed by atoms with Crippen molar-refractivity contribution in [1.82, 2.24) is 0 Å². The van der Waals surface area contributed by atoms with Crippen LogP contribution in [0, 0.1) is 37.7 Å². The van der Waals surface area contributed by atoms with Crippen LogP contribution in [0.15, 0.2) is 30.3 Å². The molecule has 5 heteroatoms. The Kier molecular flexibility index (Phi) is 32.9. The van der Waals surface area contributed by atoms with Gasteiger partial charge in [-0.2, -0.15) is 0 Å². The number of benzene rings is 1. The zero-order chi connectivity index (χ0) is 15.0. The quantitative estimate of drug-likeness (QED) is 0.485. The van der Waals surface area contributed by atoms with Gasteiger partial charge in [-0.1, -0.05) is 45.9 Å². The molecule has 3 nitrogen and oxygen atoms in total. The number of esters is 1. The smallest absolute Gasteiger partial charge is 0.308 e. The molecule has 2 N–H and O–H groups in total. The summed E-state index contributed by atoms with van der Waals surface area (Å²) < 4.78 is 15.6. The molecule has 0 spiro atoms. The fraction of sp³-hybridized carbons (Fsp3) is 0.500. The first-order valence-electron chi connectivity index (χ1n) is 6.15. The molecule has 0 amide bonds. The van der Waals surface area contributed by atoms with Crippen molar-refractivity contribution in [3.8, 4) is 5.75 Å². The van der Waals surface area contributed by atoms with Crippen LogP contribution in [0.1, 0.15) is 41.5 Å². The van der Waals surface area contributed by atoms with Gasteiger partial charge in [0.15, 0.2) is 0 Å². The van der Waals surface area contributed by atoms with Gasteiger partial charge in [0.05, 0.1) is 0 Å². The summed E-state index contributed by atoms with van der Waals surface area (Å²) in [5.41, 5.74) is 4.44. The molecule has 0 fully saturated rings. The van der Waals surface area contributed by atoms with Gasteiger partial charge in [0, 0.05) is 44.7 Å². The number of halogens is 1. The van der Waals surface area contributed by atoms with E-state index in [2.05, 4.69) is 5.73 Å². The van der Waals surface area contributed by atoms with Crippen LogP contribution in [0.25, 0.3) is 0 Å². The number of alkyl halides is 1. The third-order valence-corrected chi connectivity index (χ3v) is 1.00. The van der Waals surface area contributed by atoms with Crippen molar-refractivity contribution in [3.05, 3.63) is 30.3 Å². The molecule has 0 aliphatic rings. The molecule has 0 bridgehead atoms. The standard InChI is InChI=1S/C8H8O2.C2H6FN.2C2H6.Ar/c1-7(9)10-8-5-3-2-4-6-8;1-2(3)4;2*1-2;/h2-6H,1H3;2H,4H2,1H3;2*1-2H3;/i;3-1;;;. The van der Waals surface area contributed by atoms with E-state index in [4.69, 9.17) is 4.74 Å². The average molecular weight is 298 g/mol. The molecule has 114 valence electrons. The maximum absolute atomic E-state index is 10.8. The average Bonchev–Trinajstić information content (AvgIpc) is 2.34. The number of hydrogen-bond acceptors (Lipinski definition) is 3. The maximum atomic E-state index is 10.8. The molecular weight excluding hydrogens is 272 g/mol. The number of carbonyl (C=O) groups excluding carboxylic acids is 1. The Morgan fingerprint density at radius 3 is 1.74 bits per heavy atom. The van der Waals surface area contributed by atoms with E-state index in [1.165, 1.54) is 13.8 Å². The fourth-order valence-corrected chi connectivity index (χ4v) is 0.655. The predicted molar refractivity (Wildman–Crippen MR) is 75.2 cm³/mol. The van der Waals surface area contributed by atoms with E-state index in [1.54, 1.807) is 12.1 Å². The van der Waals surface area contributed by atoms with Gasteiger partial charge in [0.25, 0.3) is 0 Å². The fourth-order valence-electron chi connectivity index (χ4n) is 0.655. The van der Waals surface area contributed by atoms with Crippen molar-refractivity contribution in [1.29, 1.82) is 0 Å². The van der Waals surface area contributed by atoms with E-state index in [0.29, 0.717) is 5.75 Å². The van der Waals surface area contributed by atoms with Crippen molar-refractivity contribution >= 4 is 5.97 Å². The van der Waals surface area contributed by atoms with Gasteiger partial charge in [0.2, 0.25) is 0 Å². The van der Waals surface area contributed by atoms with Crippen molar-refractivity contribution in [2.75, 3.05) is 0 Å². The van der Waals surface area contributed by atoms with Crippen LogP contribution in [0.5, 0.6) is 5.75 Å². The van der Waals surface area contributed by atoms with Crippen LogP contribution in [-0.4, -0.2) is 12.3 Å². The summed E-state index contributed by atoms with van der Waals surface area (Å²) in [5, 5.41) is 0.